The molecule has 0 aromatic heterocycles. The molecule has 1 rings (SSSR count). The smallest absolute Gasteiger partial charge is 0.310 e. The largest absolute Gasteiger partial charge is 0.466 e. The van der Waals surface area contributed by atoms with Crippen molar-refractivity contribution in [2.45, 2.75) is 13.3 Å². The number of anilines is 1. The summed E-state index contributed by atoms with van der Waals surface area (Å²) in [7, 11) is 3.70. The molecule has 0 aliphatic rings. The van der Waals surface area contributed by atoms with Gasteiger partial charge in [-0.25, -0.2) is 0 Å². The molecular weight excluding hydrogens is 230 g/mol. The standard InChI is InChI=1S/C14H21NO3/c1-4-18-14(16)11-12-5-7-13(8-6-12)15(2)9-10-17-3/h5-8H,4,9-11H2,1-3H3. The van der Waals surface area contributed by atoms with Gasteiger partial charge in [0, 0.05) is 26.4 Å². The van der Waals surface area contributed by atoms with E-state index in [1.165, 1.54) is 0 Å². The zero-order chi connectivity index (χ0) is 13.4. The maximum absolute atomic E-state index is 11.3. The molecule has 0 amide bonds. The van der Waals surface area contributed by atoms with Crippen LogP contribution in [-0.2, 0) is 20.7 Å². The molecule has 0 bridgehead atoms. The maximum atomic E-state index is 11.3. The van der Waals surface area contributed by atoms with Gasteiger partial charge in [-0.2, -0.15) is 0 Å². The van der Waals surface area contributed by atoms with Crippen LogP contribution in [0.1, 0.15) is 12.5 Å². The van der Waals surface area contributed by atoms with Gasteiger partial charge in [0.05, 0.1) is 19.6 Å². The SMILES string of the molecule is CCOC(=O)Cc1ccc(N(C)CCOC)cc1. The zero-order valence-corrected chi connectivity index (χ0v) is 11.3. The first-order valence-corrected chi connectivity index (χ1v) is 6.12. The van der Waals surface area contributed by atoms with E-state index in [4.69, 9.17) is 9.47 Å². The lowest BCUT2D eigenvalue weighted by Gasteiger charge is -2.18. The molecule has 0 aliphatic carbocycles. The minimum Gasteiger partial charge on any atom is -0.466 e. The first-order valence-electron chi connectivity index (χ1n) is 6.12. The Hall–Kier alpha value is -1.55. The van der Waals surface area contributed by atoms with Crippen LogP contribution in [0.25, 0.3) is 0 Å². The topological polar surface area (TPSA) is 38.8 Å². The highest BCUT2D eigenvalue weighted by molar-refractivity contribution is 5.72. The van der Waals surface area contributed by atoms with E-state index in [9.17, 15) is 4.79 Å². The van der Waals surface area contributed by atoms with Crippen LogP contribution < -0.4 is 4.90 Å². The number of rotatable bonds is 7. The summed E-state index contributed by atoms with van der Waals surface area (Å²) in [6.45, 7) is 3.78. The summed E-state index contributed by atoms with van der Waals surface area (Å²) in [5, 5.41) is 0. The summed E-state index contributed by atoms with van der Waals surface area (Å²) in [5.41, 5.74) is 2.08. The average Bonchev–Trinajstić information content (AvgIpc) is 2.37. The number of hydrogen-bond acceptors (Lipinski definition) is 4. The van der Waals surface area contributed by atoms with Crippen molar-refractivity contribution in [1.82, 2.24) is 0 Å². The molecule has 0 fully saturated rings. The first kappa shape index (κ1) is 14.5. The van der Waals surface area contributed by atoms with Gasteiger partial charge in [0.25, 0.3) is 0 Å². The highest BCUT2D eigenvalue weighted by Gasteiger charge is 2.05. The van der Waals surface area contributed by atoms with Gasteiger partial charge in [-0.05, 0) is 24.6 Å². The predicted octanol–water partition coefficient (Wildman–Crippen LogP) is 1.87. The summed E-state index contributed by atoms with van der Waals surface area (Å²) in [5.74, 6) is -0.182. The number of likely N-dealkylation sites (N-methyl/N-ethyl adjacent to an activating group) is 1. The quantitative estimate of drug-likeness (QED) is 0.694. The van der Waals surface area contributed by atoms with Crippen molar-refractivity contribution in [1.29, 1.82) is 0 Å². The summed E-state index contributed by atoms with van der Waals surface area (Å²) < 4.78 is 9.95. The van der Waals surface area contributed by atoms with Crippen molar-refractivity contribution in [3.63, 3.8) is 0 Å². The van der Waals surface area contributed by atoms with Crippen molar-refractivity contribution in [3.05, 3.63) is 29.8 Å². The number of carbonyl (C=O) groups excluding carboxylic acids is 1. The zero-order valence-electron chi connectivity index (χ0n) is 11.3. The van der Waals surface area contributed by atoms with E-state index in [0.717, 1.165) is 17.8 Å². The van der Waals surface area contributed by atoms with Gasteiger partial charge in [-0.3, -0.25) is 4.79 Å². The third kappa shape index (κ3) is 4.75. The Labute approximate surface area is 108 Å². The van der Waals surface area contributed by atoms with Crippen LogP contribution in [0.5, 0.6) is 0 Å². The second-order valence-corrected chi connectivity index (χ2v) is 4.06. The Kier molecular flexibility index (Phi) is 6.22. The van der Waals surface area contributed by atoms with Gasteiger partial charge in [-0.1, -0.05) is 12.1 Å². The predicted molar refractivity (Wildman–Crippen MR) is 71.9 cm³/mol. The van der Waals surface area contributed by atoms with Crippen LogP contribution >= 0.6 is 0 Å². The number of benzene rings is 1. The number of nitrogens with zero attached hydrogens (tertiary/aromatic N) is 1. The highest BCUT2D eigenvalue weighted by Crippen LogP contribution is 2.14. The molecule has 0 heterocycles. The normalized spacial score (nSPS) is 10.2. The van der Waals surface area contributed by atoms with E-state index in [1.807, 2.05) is 38.2 Å². The average molecular weight is 251 g/mol. The number of hydrogen-bond donors (Lipinski definition) is 0. The van der Waals surface area contributed by atoms with Crippen molar-refractivity contribution >= 4 is 11.7 Å². The molecule has 100 valence electrons. The molecular formula is C14H21NO3. The van der Waals surface area contributed by atoms with Crippen LogP contribution in [0, 0.1) is 0 Å². The molecule has 4 nitrogen and oxygen atoms in total. The summed E-state index contributed by atoms with van der Waals surface area (Å²) in [6, 6.07) is 7.92. The molecule has 0 spiro atoms. The van der Waals surface area contributed by atoms with Crippen molar-refractivity contribution in [2.24, 2.45) is 0 Å². The Morgan fingerprint density at radius 1 is 1.28 bits per heavy atom. The lowest BCUT2D eigenvalue weighted by Crippen LogP contribution is -2.21. The third-order valence-corrected chi connectivity index (χ3v) is 2.66. The maximum Gasteiger partial charge on any atom is 0.310 e. The Bertz CT molecular complexity index is 362. The molecule has 0 saturated heterocycles. The molecule has 0 radical (unpaired) electrons. The third-order valence-electron chi connectivity index (χ3n) is 2.66. The highest BCUT2D eigenvalue weighted by atomic mass is 16.5. The summed E-state index contributed by atoms with van der Waals surface area (Å²) in [6.07, 6.45) is 0.329. The number of ether oxygens (including phenoxy) is 2. The molecule has 4 heteroatoms. The lowest BCUT2D eigenvalue weighted by molar-refractivity contribution is -0.142. The summed E-state index contributed by atoms with van der Waals surface area (Å²) >= 11 is 0. The Morgan fingerprint density at radius 3 is 2.50 bits per heavy atom. The molecule has 0 aliphatic heterocycles. The lowest BCUT2D eigenvalue weighted by atomic mass is 10.1. The van der Waals surface area contributed by atoms with Crippen molar-refractivity contribution < 1.29 is 14.3 Å². The van der Waals surface area contributed by atoms with Gasteiger partial charge in [0.2, 0.25) is 0 Å². The molecule has 0 unspecified atom stereocenters. The van der Waals surface area contributed by atoms with Crippen LogP contribution in [-0.4, -0.2) is 39.9 Å². The van der Waals surface area contributed by atoms with Gasteiger partial charge in [0.1, 0.15) is 0 Å². The molecule has 18 heavy (non-hydrogen) atoms. The fraction of sp³-hybridized carbons (Fsp3) is 0.500. The molecule has 0 saturated carbocycles. The molecule has 1 aromatic rings. The number of carbonyl (C=O) groups is 1. The molecule has 0 atom stereocenters. The van der Waals surface area contributed by atoms with Gasteiger partial charge in [-0.15, -0.1) is 0 Å². The second-order valence-electron chi connectivity index (χ2n) is 4.06. The van der Waals surface area contributed by atoms with Crippen LogP contribution in [0.4, 0.5) is 5.69 Å². The first-order chi connectivity index (χ1) is 8.67. The van der Waals surface area contributed by atoms with Gasteiger partial charge in [0.15, 0.2) is 0 Å². The Balaban J connectivity index is 2.54. The van der Waals surface area contributed by atoms with E-state index >= 15 is 0 Å². The second kappa shape index (κ2) is 7.71. The molecule has 1 aromatic carbocycles. The van der Waals surface area contributed by atoms with E-state index in [2.05, 4.69) is 4.90 Å². The van der Waals surface area contributed by atoms with Gasteiger partial charge < -0.3 is 14.4 Å². The van der Waals surface area contributed by atoms with Crippen molar-refractivity contribution in [3.8, 4) is 0 Å². The summed E-state index contributed by atoms with van der Waals surface area (Å²) in [4.78, 5) is 13.4. The molecule has 0 N–H and O–H groups in total. The fourth-order valence-corrected chi connectivity index (χ4v) is 1.60. The monoisotopic (exact) mass is 251 g/mol. The van der Waals surface area contributed by atoms with Crippen LogP contribution in [0.2, 0.25) is 0 Å². The Morgan fingerprint density at radius 2 is 1.94 bits per heavy atom. The van der Waals surface area contributed by atoms with Crippen LogP contribution in [0.15, 0.2) is 24.3 Å². The van der Waals surface area contributed by atoms with E-state index in [-0.39, 0.29) is 5.97 Å². The van der Waals surface area contributed by atoms with E-state index in [1.54, 1.807) is 7.11 Å². The minimum atomic E-state index is -0.182. The van der Waals surface area contributed by atoms with E-state index < -0.39 is 0 Å². The van der Waals surface area contributed by atoms with Gasteiger partial charge >= 0.3 is 5.97 Å². The van der Waals surface area contributed by atoms with Crippen molar-refractivity contribution in [2.75, 3.05) is 38.8 Å². The van der Waals surface area contributed by atoms with Crippen LogP contribution in [0.3, 0.4) is 0 Å². The van der Waals surface area contributed by atoms with E-state index in [0.29, 0.717) is 19.6 Å². The number of methoxy groups -OCH3 is 1. The minimum absolute atomic E-state index is 0.182. The number of esters is 1. The fourth-order valence-electron chi connectivity index (χ4n) is 1.60.